The summed E-state index contributed by atoms with van der Waals surface area (Å²) in [5.74, 6) is 0.380. The monoisotopic (exact) mass is 191 g/mol. The van der Waals surface area contributed by atoms with Crippen molar-refractivity contribution in [3.8, 4) is 0 Å². The summed E-state index contributed by atoms with van der Waals surface area (Å²) in [5, 5.41) is 9.21. The van der Waals surface area contributed by atoms with Crippen LogP contribution in [0.25, 0.3) is 0 Å². The van der Waals surface area contributed by atoms with Crippen molar-refractivity contribution in [3.05, 3.63) is 35.4 Å². The standard InChI is InChI=1S/C12H17NO/c1-12(13,8-14)11-6-9-4-2-3-5-10(9)7-11/h2-5,11,14H,6-8,13H2,1H3. The fourth-order valence-electron chi connectivity index (χ4n) is 2.15. The molecule has 0 fully saturated rings. The second-order valence-electron chi connectivity index (χ2n) is 4.54. The molecule has 3 N–H and O–H groups in total. The molecule has 1 aromatic carbocycles. The maximum absolute atomic E-state index is 9.21. The molecule has 14 heavy (non-hydrogen) atoms. The van der Waals surface area contributed by atoms with Crippen LogP contribution in [0.5, 0.6) is 0 Å². The molecule has 1 atom stereocenters. The Kier molecular flexibility index (Phi) is 2.33. The zero-order valence-corrected chi connectivity index (χ0v) is 8.53. The van der Waals surface area contributed by atoms with Crippen LogP contribution in [0.1, 0.15) is 18.1 Å². The van der Waals surface area contributed by atoms with Crippen LogP contribution in [0, 0.1) is 5.92 Å². The second-order valence-corrected chi connectivity index (χ2v) is 4.54. The topological polar surface area (TPSA) is 46.2 Å². The molecule has 0 radical (unpaired) electrons. The van der Waals surface area contributed by atoms with Crippen LogP contribution in [0.2, 0.25) is 0 Å². The second kappa shape index (κ2) is 3.37. The summed E-state index contributed by atoms with van der Waals surface area (Å²) in [7, 11) is 0. The van der Waals surface area contributed by atoms with Gasteiger partial charge < -0.3 is 10.8 Å². The smallest absolute Gasteiger partial charge is 0.0611 e. The van der Waals surface area contributed by atoms with Gasteiger partial charge in [0.25, 0.3) is 0 Å². The van der Waals surface area contributed by atoms with Crippen molar-refractivity contribution in [2.75, 3.05) is 6.61 Å². The largest absolute Gasteiger partial charge is 0.394 e. The average Bonchev–Trinajstić information content (AvgIpc) is 2.61. The van der Waals surface area contributed by atoms with Crippen molar-refractivity contribution in [3.63, 3.8) is 0 Å². The predicted octanol–water partition coefficient (Wildman–Crippen LogP) is 1.11. The highest BCUT2D eigenvalue weighted by Gasteiger charge is 2.34. The molecule has 0 aliphatic heterocycles. The SMILES string of the molecule is CC(N)(CO)C1Cc2ccccc2C1. The van der Waals surface area contributed by atoms with Crippen LogP contribution >= 0.6 is 0 Å². The van der Waals surface area contributed by atoms with E-state index in [1.165, 1.54) is 11.1 Å². The molecule has 1 aliphatic rings. The number of aliphatic hydroxyl groups excluding tert-OH is 1. The van der Waals surface area contributed by atoms with E-state index in [9.17, 15) is 5.11 Å². The Balaban J connectivity index is 2.19. The van der Waals surface area contributed by atoms with Gasteiger partial charge in [-0.1, -0.05) is 24.3 Å². The van der Waals surface area contributed by atoms with Gasteiger partial charge in [-0.3, -0.25) is 0 Å². The minimum atomic E-state index is -0.445. The fourth-order valence-corrected chi connectivity index (χ4v) is 2.15. The molecule has 0 saturated heterocycles. The number of aliphatic hydroxyl groups is 1. The summed E-state index contributed by atoms with van der Waals surface area (Å²) in [6, 6.07) is 8.44. The van der Waals surface area contributed by atoms with E-state index >= 15 is 0 Å². The third-order valence-corrected chi connectivity index (χ3v) is 3.32. The molecule has 76 valence electrons. The number of fused-ring (bicyclic) bond motifs is 1. The zero-order valence-electron chi connectivity index (χ0n) is 8.53. The molecule has 0 heterocycles. The van der Waals surface area contributed by atoms with Gasteiger partial charge >= 0.3 is 0 Å². The van der Waals surface area contributed by atoms with E-state index in [4.69, 9.17) is 5.73 Å². The third-order valence-electron chi connectivity index (χ3n) is 3.32. The number of hydrogen-bond acceptors (Lipinski definition) is 2. The van der Waals surface area contributed by atoms with Gasteiger partial charge in [0.1, 0.15) is 0 Å². The Morgan fingerprint density at radius 1 is 1.36 bits per heavy atom. The van der Waals surface area contributed by atoms with E-state index in [0.29, 0.717) is 5.92 Å². The molecular formula is C12H17NO. The van der Waals surface area contributed by atoms with Crippen LogP contribution in [-0.4, -0.2) is 17.3 Å². The van der Waals surface area contributed by atoms with Crippen LogP contribution in [-0.2, 0) is 12.8 Å². The summed E-state index contributed by atoms with van der Waals surface area (Å²) >= 11 is 0. The molecule has 0 aromatic heterocycles. The summed E-state index contributed by atoms with van der Waals surface area (Å²) in [4.78, 5) is 0. The lowest BCUT2D eigenvalue weighted by Crippen LogP contribution is -2.48. The van der Waals surface area contributed by atoms with Gasteiger partial charge in [-0.25, -0.2) is 0 Å². The molecule has 0 amide bonds. The van der Waals surface area contributed by atoms with E-state index in [1.54, 1.807) is 0 Å². The minimum absolute atomic E-state index is 0.0612. The summed E-state index contributed by atoms with van der Waals surface area (Å²) in [5.41, 5.74) is 8.39. The molecule has 1 aromatic rings. The van der Waals surface area contributed by atoms with Crippen LogP contribution in [0.3, 0.4) is 0 Å². The number of hydrogen-bond donors (Lipinski definition) is 2. The Hall–Kier alpha value is -0.860. The molecule has 2 heteroatoms. The van der Waals surface area contributed by atoms with Crippen molar-refractivity contribution < 1.29 is 5.11 Å². The predicted molar refractivity (Wildman–Crippen MR) is 57.0 cm³/mol. The molecule has 2 rings (SSSR count). The van der Waals surface area contributed by atoms with Gasteiger partial charge in [-0.15, -0.1) is 0 Å². The molecule has 0 saturated carbocycles. The maximum atomic E-state index is 9.21. The van der Waals surface area contributed by atoms with Crippen LogP contribution in [0.4, 0.5) is 0 Å². The van der Waals surface area contributed by atoms with Gasteiger partial charge in [0.2, 0.25) is 0 Å². The number of nitrogens with two attached hydrogens (primary N) is 1. The van der Waals surface area contributed by atoms with Gasteiger partial charge in [-0.2, -0.15) is 0 Å². The fraction of sp³-hybridized carbons (Fsp3) is 0.500. The zero-order chi connectivity index (χ0) is 10.2. The van der Waals surface area contributed by atoms with E-state index in [0.717, 1.165) is 12.8 Å². The number of benzene rings is 1. The van der Waals surface area contributed by atoms with E-state index in [2.05, 4.69) is 24.3 Å². The molecule has 1 unspecified atom stereocenters. The molecular weight excluding hydrogens is 174 g/mol. The Morgan fingerprint density at radius 2 is 1.86 bits per heavy atom. The summed E-state index contributed by atoms with van der Waals surface area (Å²) in [6.07, 6.45) is 2.01. The van der Waals surface area contributed by atoms with E-state index in [1.807, 2.05) is 6.92 Å². The number of rotatable bonds is 2. The highest BCUT2D eigenvalue weighted by molar-refractivity contribution is 5.33. The minimum Gasteiger partial charge on any atom is -0.394 e. The third kappa shape index (κ3) is 1.56. The Labute approximate surface area is 84.7 Å². The highest BCUT2D eigenvalue weighted by Crippen LogP contribution is 2.32. The quantitative estimate of drug-likeness (QED) is 0.735. The van der Waals surface area contributed by atoms with Gasteiger partial charge in [-0.05, 0) is 36.8 Å². The average molecular weight is 191 g/mol. The normalized spacial score (nSPS) is 20.5. The molecule has 2 nitrogen and oxygen atoms in total. The Morgan fingerprint density at radius 3 is 2.29 bits per heavy atom. The van der Waals surface area contributed by atoms with Gasteiger partial charge in [0, 0.05) is 5.54 Å². The van der Waals surface area contributed by atoms with Gasteiger partial charge in [0.15, 0.2) is 0 Å². The molecule has 0 bridgehead atoms. The first-order chi connectivity index (χ1) is 6.63. The van der Waals surface area contributed by atoms with Crippen molar-refractivity contribution in [1.82, 2.24) is 0 Å². The summed E-state index contributed by atoms with van der Waals surface area (Å²) < 4.78 is 0. The first-order valence-electron chi connectivity index (χ1n) is 5.10. The van der Waals surface area contributed by atoms with Crippen molar-refractivity contribution in [1.29, 1.82) is 0 Å². The molecule has 0 spiro atoms. The van der Waals surface area contributed by atoms with Crippen molar-refractivity contribution >= 4 is 0 Å². The maximum Gasteiger partial charge on any atom is 0.0611 e. The van der Waals surface area contributed by atoms with Crippen molar-refractivity contribution in [2.45, 2.75) is 25.3 Å². The van der Waals surface area contributed by atoms with E-state index < -0.39 is 5.54 Å². The van der Waals surface area contributed by atoms with Gasteiger partial charge in [0.05, 0.1) is 6.61 Å². The summed E-state index contributed by atoms with van der Waals surface area (Å²) in [6.45, 7) is 2.00. The van der Waals surface area contributed by atoms with Crippen LogP contribution < -0.4 is 5.73 Å². The lowest BCUT2D eigenvalue weighted by Gasteiger charge is -2.28. The Bertz CT molecular complexity index is 308. The molecule has 1 aliphatic carbocycles. The highest BCUT2D eigenvalue weighted by atomic mass is 16.3. The lowest BCUT2D eigenvalue weighted by molar-refractivity contribution is 0.158. The first-order valence-corrected chi connectivity index (χ1v) is 5.10. The van der Waals surface area contributed by atoms with Crippen LogP contribution in [0.15, 0.2) is 24.3 Å². The van der Waals surface area contributed by atoms with Crippen molar-refractivity contribution in [2.24, 2.45) is 11.7 Å². The lowest BCUT2D eigenvalue weighted by atomic mass is 9.85. The van der Waals surface area contributed by atoms with E-state index in [-0.39, 0.29) is 6.61 Å². The first kappa shape index (κ1) is 9.69.